The molecular weight excluding hydrogens is 124 g/mol. The molecule has 0 heterocycles. The molecule has 2 heteroatoms. The molecule has 0 aliphatic heterocycles. The van der Waals surface area contributed by atoms with E-state index in [1.54, 1.807) is 0 Å². The molecule has 0 N–H and O–H groups in total. The minimum Gasteiger partial charge on any atom is -0.298 e. The normalized spacial score (nSPS) is 30.6. The summed E-state index contributed by atoms with van der Waals surface area (Å²) in [4.78, 5) is 10.7. The molecular formula is C6H9ClO. The fourth-order valence-corrected chi connectivity index (χ4v) is 1.20. The third kappa shape index (κ3) is 1.22. The van der Waals surface area contributed by atoms with Crippen LogP contribution in [0.25, 0.3) is 0 Å². The highest BCUT2D eigenvalue weighted by molar-refractivity contribution is 6.31. The van der Waals surface area contributed by atoms with Crippen LogP contribution in [0, 0.1) is 0 Å². The van der Waals surface area contributed by atoms with Crippen molar-refractivity contribution < 1.29 is 4.79 Å². The number of ketones is 1. The van der Waals surface area contributed by atoms with Crippen LogP contribution in [0.15, 0.2) is 0 Å². The lowest BCUT2D eigenvalue weighted by Crippen LogP contribution is -2.18. The molecule has 1 aliphatic carbocycles. The van der Waals surface area contributed by atoms with Crippen molar-refractivity contribution in [3.05, 3.63) is 0 Å². The fourth-order valence-electron chi connectivity index (χ4n) is 0.940. The number of carbonyl (C=O) groups excluding carboxylic acids is 1. The summed E-state index contributed by atoms with van der Waals surface area (Å²) in [6.07, 6.45) is 3.76. The van der Waals surface area contributed by atoms with Crippen molar-refractivity contribution in [2.24, 2.45) is 0 Å². The van der Waals surface area contributed by atoms with E-state index in [2.05, 4.69) is 0 Å². The van der Waals surface area contributed by atoms with E-state index in [4.69, 9.17) is 11.6 Å². The van der Waals surface area contributed by atoms with Crippen LogP contribution < -0.4 is 0 Å². The Balaban J connectivity index is 2.39. The van der Waals surface area contributed by atoms with E-state index in [1.807, 2.05) is 0 Å². The summed E-state index contributed by atoms with van der Waals surface area (Å²) in [7, 11) is 0. The number of Topliss-reactive ketones (excluding diaryl/α,β-unsaturated/α-hetero) is 1. The maximum Gasteiger partial charge on any atom is 0.150 e. The molecule has 0 spiro atoms. The molecule has 1 atom stereocenters. The third-order valence-electron chi connectivity index (χ3n) is 1.48. The van der Waals surface area contributed by atoms with Gasteiger partial charge in [-0.05, 0) is 12.8 Å². The van der Waals surface area contributed by atoms with E-state index in [0.717, 1.165) is 19.3 Å². The van der Waals surface area contributed by atoms with Gasteiger partial charge in [0.25, 0.3) is 0 Å². The highest BCUT2D eigenvalue weighted by Gasteiger charge is 2.18. The van der Waals surface area contributed by atoms with Crippen LogP contribution in [-0.4, -0.2) is 11.2 Å². The number of rotatable bonds is 0. The predicted molar refractivity (Wildman–Crippen MR) is 33.1 cm³/mol. The number of hydrogen-bond donors (Lipinski definition) is 0. The maximum atomic E-state index is 10.7. The molecule has 1 fully saturated rings. The predicted octanol–water partition coefficient (Wildman–Crippen LogP) is 1.74. The van der Waals surface area contributed by atoms with Crippen molar-refractivity contribution in [2.75, 3.05) is 0 Å². The summed E-state index contributed by atoms with van der Waals surface area (Å²) in [6, 6.07) is 0. The molecule has 0 amide bonds. The van der Waals surface area contributed by atoms with Gasteiger partial charge in [-0.15, -0.1) is 11.6 Å². The van der Waals surface area contributed by atoms with Crippen LogP contribution in [-0.2, 0) is 4.79 Å². The number of carbonyl (C=O) groups is 1. The van der Waals surface area contributed by atoms with E-state index in [9.17, 15) is 4.79 Å². The van der Waals surface area contributed by atoms with Crippen molar-refractivity contribution in [3.8, 4) is 0 Å². The zero-order valence-corrected chi connectivity index (χ0v) is 5.45. The smallest absolute Gasteiger partial charge is 0.150 e. The third-order valence-corrected chi connectivity index (χ3v) is 1.94. The Hall–Kier alpha value is -0.0400. The van der Waals surface area contributed by atoms with Crippen LogP contribution in [0.4, 0.5) is 0 Å². The SMILES string of the molecule is O=C1CCCC[C@@H]1Cl. The molecule has 0 saturated heterocycles. The molecule has 1 aliphatic rings. The topological polar surface area (TPSA) is 17.1 Å². The van der Waals surface area contributed by atoms with Crippen LogP contribution in [0.1, 0.15) is 25.7 Å². The summed E-state index contributed by atoms with van der Waals surface area (Å²) in [5, 5.41) is -0.163. The first kappa shape index (κ1) is 6.09. The summed E-state index contributed by atoms with van der Waals surface area (Å²) >= 11 is 5.62. The molecule has 0 aromatic heterocycles. The Morgan fingerprint density at radius 3 is 2.62 bits per heavy atom. The van der Waals surface area contributed by atoms with E-state index >= 15 is 0 Å². The summed E-state index contributed by atoms with van der Waals surface area (Å²) in [5.41, 5.74) is 0. The highest BCUT2D eigenvalue weighted by atomic mass is 35.5. The summed E-state index contributed by atoms with van der Waals surface area (Å²) in [5.74, 6) is 0.234. The lowest BCUT2D eigenvalue weighted by atomic mass is 9.99. The van der Waals surface area contributed by atoms with Gasteiger partial charge in [-0.2, -0.15) is 0 Å². The van der Waals surface area contributed by atoms with Crippen molar-refractivity contribution in [1.29, 1.82) is 0 Å². The van der Waals surface area contributed by atoms with Gasteiger partial charge in [0, 0.05) is 6.42 Å². The highest BCUT2D eigenvalue weighted by Crippen LogP contribution is 2.18. The van der Waals surface area contributed by atoms with Crippen LogP contribution in [0.3, 0.4) is 0 Å². The van der Waals surface area contributed by atoms with Gasteiger partial charge < -0.3 is 0 Å². The van der Waals surface area contributed by atoms with Gasteiger partial charge in [-0.1, -0.05) is 6.42 Å². The van der Waals surface area contributed by atoms with Crippen molar-refractivity contribution in [2.45, 2.75) is 31.1 Å². The monoisotopic (exact) mass is 132 g/mol. The molecule has 46 valence electrons. The fraction of sp³-hybridized carbons (Fsp3) is 0.833. The molecule has 1 nitrogen and oxygen atoms in total. The Labute approximate surface area is 54.0 Å². The average Bonchev–Trinajstić information content (AvgIpc) is 1.77. The van der Waals surface area contributed by atoms with Gasteiger partial charge in [-0.3, -0.25) is 4.79 Å². The molecule has 1 rings (SSSR count). The lowest BCUT2D eigenvalue weighted by molar-refractivity contribution is -0.119. The standard InChI is InChI=1S/C6H9ClO/c7-5-3-1-2-4-6(5)8/h5H,1-4H2/t5-/m0/s1. The van der Waals surface area contributed by atoms with Crippen LogP contribution >= 0.6 is 11.6 Å². The van der Waals surface area contributed by atoms with Crippen LogP contribution in [0.2, 0.25) is 0 Å². The first-order valence-corrected chi connectivity index (χ1v) is 3.41. The largest absolute Gasteiger partial charge is 0.298 e. The van der Waals surface area contributed by atoms with Crippen molar-refractivity contribution in [3.63, 3.8) is 0 Å². The molecule has 1 saturated carbocycles. The first-order valence-electron chi connectivity index (χ1n) is 2.97. The van der Waals surface area contributed by atoms with Gasteiger partial charge in [0.05, 0.1) is 5.38 Å². The Kier molecular flexibility index (Phi) is 1.90. The molecule has 0 bridgehead atoms. The Morgan fingerprint density at radius 1 is 1.50 bits per heavy atom. The first-order chi connectivity index (χ1) is 3.80. The Bertz CT molecular complexity index is 101. The van der Waals surface area contributed by atoms with Gasteiger partial charge >= 0.3 is 0 Å². The van der Waals surface area contributed by atoms with E-state index < -0.39 is 0 Å². The van der Waals surface area contributed by atoms with Gasteiger partial charge in [0.1, 0.15) is 0 Å². The molecule has 0 radical (unpaired) electrons. The number of alkyl halides is 1. The van der Waals surface area contributed by atoms with E-state index in [1.165, 1.54) is 0 Å². The lowest BCUT2D eigenvalue weighted by Gasteiger charge is -2.12. The van der Waals surface area contributed by atoms with E-state index in [-0.39, 0.29) is 11.2 Å². The van der Waals surface area contributed by atoms with Gasteiger partial charge in [0.15, 0.2) is 5.78 Å². The van der Waals surface area contributed by atoms with Crippen LogP contribution in [0.5, 0.6) is 0 Å². The van der Waals surface area contributed by atoms with Gasteiger partial charge in [0.2, 0.25) is 0 Å². The molecule has 0 aromatic rings. The van der Waals surface area contributed by atoms with Crippen molar-refractivity contribution in [1.82, 2.24) is 0 Å². The average molecular weight is 133 g/mol. The number of halogens is 1. The maximum absolute atomic E-state index is 10.7. The minimum atomic E-state index is -0.163. The molecule has 8 heavy (non-hydrogen) atoms. The second-order valence-corrected chi connectivity index (χ2v) is 2.71. The van der Waals surface area contributed by atoms with E-state index in [0.29, 0.717) is 6.42 Å². The molecule has 0 aromatic carbocycles. The quantitative estimate of drug-likeness (QED) is 0.459. The second kappa shape index (κ2) is 2.49. The van der Waals surface area contributed by atoms with Gasteiger partial charge in [-0.25, -0.2) is 0 Å². The zero-order chi connectivity index (χ0) is 5.98. The summed E-state index contributed by atoms with van der Waals surface area (Å²) < 4.78 is 0. The van der Waals surface area contributed by atoms with Crippen molar-refractivity contribution >= 4 is 17.4 Å². The zero-order valence-electron chi connectivity index (χ0n) is 4.69. The number of hydrogen-bond acceptors (Lipinski definition) is 1. The Morgan fingerprint density at radius 2 is 2.25 bits per heavy atom. The second-order valence-electron chi connectivity index (χ2n) is 2.18. The molecule has 0 unspecified atom stereocenters. The summed E-state index contributed by atoms with van der Waals surface area (Å²) in [6.45, 7) is 0. The minimum absolute atomic E-state index is 0.163.